The van der Waals surface area contributed by atoms with Crippen molar-refractivity contribution in [2.45, 2.75) is 52.6 Å². The third-order valence-corrected chi connectivity index (χ3v) is 5.45. The van der Waals surface area contributed by atoms with Crippen LogP contribution in [0.5, 0.6) is 17.2 Å². The Balaban J connectivity index is 2.04. The van der Waals surface area contributed by atoms with Crippen LogP contribution in [0.3, 0.4) is 0 Å². The summed E-state index contributed by atoms with van der Waals surface area (Å²) in [7, 11) is 3.23. The van der Waals surface area contributed by atoms with Gasteiger partial charge in [-0.25, -0.2) is 0 Å². The normalized spacial score (nSPS) is 11.6. The molecule has 0 aliphatic heterocycles. The van der Waals surface area contributed by atoms with Crippen molar-refractivity contribution in [1.29, 1.82) is 0 Å². The van der Waals surface area contributed by atoms with Gasteiger partial charge in [0.25, 0.3) is 0 Å². The first-order valence-electron chi connectivity index (χ1n) is 11.8. The van der Waals surface area contributed by atoms with Gasteiger partial charge >= 0.3 is 0 Å². The van der Waals surface area contributed by atoms with E-state index < -0.39 is 6.04 Å². The molecule has 2 aromatic rings. The summed E-state index contributed by atoms with van der Waals surface area (Å²) in [6, 6.07) is 14.4. The van der Waals surface area contributed by atoms with E-state index in [1.807, 2.05) is 69.3 Å². The molecule has 0 saturated carbocycles. The number of hydrogen-bond donors (Lipinski definition) is 1. The van der Waals surface area contributed by atoms with Crippen LogP contribution in [0.25, 0.3) is 0 Å². The lowest BCUT2D eigenvalue weighted by molar-refractivity contribution is -0.141. The van der Waals surface area contributed by atoms with Crippen LogP contribution in [0.2, 0.25) is 0 Å². The molecule has 0 aliphatic carbocycles. The fourth-order valence-corrected chi connectivity index (χ4v) is 3.50. The van der Waals surface area contributed by atoms with E-state index in [1.165, 1.54) is 0 Å². The molecule has 186 valence electrons. The van der Waals surface area contributed by atoms with Crippen molar-refractivity contribution in [3.8, 4) is 17.2 Å². The van der Waals surface area contributed by atoms with Gasteiger partial charge in [-0.2, -0.15) is 0 Å². The Bertz CT molecular complexity index is 881. The molecule has 2 rings (SSSR count). The Morgan fingerprint density at radius 3 is 2.00 bits per heavy atom. The Hall–Kier alpha value is -3.22. The molecule has 0 spiro atoms. The van der Waals surface area contributed by atoms with Gasteiger partial charge in [0.15, 0.2) is 0 Å². The molecule has 0 aliphatic rings. The van der Waals surface area contributed by atoms with Gasteiger partial charge in [0.2, 0.25) is 11.8 Å². The maximum Gasteiger partial charge on any atom is 0.242 e. The van der Waals surface area contributed by atoms with Crippen molar-refractivity contribution in [1.82, 2.24) is 10.2 Å². The minimum atomic E-state index is -0.532. The van der Waals surface area contributed by atoms with Crippen molar-refractivity contribution in [3.63, 3.8) is 0 Å². The fourth-order valence-electron chi connectivity index (χ4n) is 3.50. The predicted octanol–water partition coefficient (Wildman–Crippen LogP) is 4.44. The molecule has 0 aromatic heterocycles. The number of carbonyl (C=O) groups excluding carboxylic acids is 2. The fraction of sp³-hybridized carbons (Fsp3) is 0.481. The molecule has 0 heterocycles. The number of hydrogen-bond acceptors (Lipinski definition) is 5. The Morgan fingerprint density at radius 1 is 0.912 bits per heavy atom. The van der Waals surface area contributed by atoms with Crippen molar-refractivity contribution < 1.29 is 23.8 Å². The largest absolute Gasteiger partial charge is 0.497 e. The van der Waals surface area contributed by atoms with E-state index in [4.69, 9.17) is 14.2 Å². The number of benzene rings is 2. The average molecular weight is 471 g/mol. The summed E-state index contributed by atoms with van der Waals surface area (Å²) in [5.74, 6) is 2.38. The summed E-state index contributed by atoms with van der Waals surface area (Å²) < 4.78 is 16.1. The lowest BCUT2D eigenvalue weighted by Crippen LogP contribution is -2.49. The average Bonchev–Trinajstić information content (AvgIpc) is 2.85. The van der Waals surface area contributed by atoms with Gasteiger partial charge in [0.05, 0.1) is 20.8 Å². The SMILES string of the molecule is CCC(C(=O)NCC(C)C)N(Cc1ccc(OC)cc1)C(=O)CCCOc1ccc(OC)cc1. The number of nitrogens with one attached hydrogen (secondary N) is 1. The highest BCUT2D eigenvalue weighted by Gasteiger charge is 2.28. The van der Waals surface area contributed by atoms with Crippen molar-refractivity contribution >= 4 is 11.8 Å². The van der Waals surface area contributed by atoms with Crippen LogP contribution in [0, 0.1) is 5.92 Å². The van der Waals surface area contributed by atoms with E-state index >= 15 is 0 Å². The highest BCUT2D eigenvalue weighted by atomic mass is 16.5. The summed E-state index contributed by atoms with van der Waals surface area (Å²) in [6.45, 7) is 7.37. The van der Waals surface area contributed by atoms with Crippen LogP contribution in [-0.2, 0) is 16.1 Å². The van der Waals surface area contributed by atoms with Gasteiger partial charge in [-0.1, -0.05) is 32.9 Å². The lowest BCUT2D eigenvalue weighted by Gasteiger charge is -2.31. The number of methoxy groups -OCH3 is 2. The van der Waals surface area contributed by atoms with Crippen LogP contribution in [0.1, 0.15) is 45.6 Å². The molecule has 7 nitrogen and oxygen atoms in total. The van der Waals surface area contributed by atoms with Gasteiger partial charge in [-0.3, -0.25) is 9.59 Å². The molecule has 2 aromatic carbocycles. The Labute approximate surface area is 203 Å². The molecular weight excluding hydrogens is 432 g/mol. The van der Waals surface area contributed by atoms with E-state index in [0.717, 1.165) is 22.8 Å². The zero-order valence-corrected chi connectivity index (χ0v) is 21.0. The predicted molar refractivity (Wildman–Crippen MR) is 133 cm³/mol. The van der Waals surface area contributed by atoms with Crippen molar-refractivity contribution in [3.05, 3.63) is 54.1 Å². The standard InChI is InChI=1S/C27H38N2O5/c1-6-25(27(31)28-18-20(2)3)29(19-21-9-11-22(32-4)12-10-21)26(30)8-7-17-34-24-15-13-23(33-5)14-16-24/h9-16,20,25H,6-8,17-19H2,1-5H3,(H,28,31). The molecule has 0 saturated heterocycles. The minimum Gasteiger partial charge on any atom is -0.497 e. The van der Waals surface area contributed by atoms with Crippen LogP contribution in [0.15, 0.2) is 48.5 Å². The lowest BCUT2D eigenvalue weighted by atomic mass is 10.1. The first-order valence-corrected chi connectivity index (χ1v) is 11.8. The van der Waals surface area contributed by atoms with Crippen molar-refractivity contribution in [2.24, 2.45) is 5.92 Å². The maximum absolute atomic E-state index is 13.3. The summed E-state index contributed by atoms with van der Waals surface area (Å²) in [4.78, 5) is 27.9. The molecule has 1 atom stereocenters. The van der Waals surface area contributed by atoms with Gasteiger partial charge < -0.3 is 24.4 Å². The third-order valence-electron chi connectivity index (χ3n) is 5.45. The van der Waals surface area contributed by atoms with Crippen molar-refractivity contribution in [2.75, 3.05) is 27.4 Å². The molecule has 0 fully saturated rings. The third kappa shape index (κ3) is 8.61. The Kier molecular flexibility index (Phi) is 11.2. The van der Waals surface area contributed by atoms with Gasteiger partial charge in [-0.15, -0.1) is 0 Å². The number of ether oxygens (including phenoxy) is 3. The van der Waals surface area contributed by atoms with E-state index in [-0.39, 0.29) is 11.8 Å². The molecule has 34 heavy (non-hydrogen) atoms. The van der Waals surface area contributed by atoms with E-state index in [0.29, 0.717) is 44.9 Å². The second-order valence-corrected chi connectivity index (χ2v) is 8.56. The first kappa shape index (κ1) is 27.0. The summed E-state index contributed by atoms with van der Waals surface area (Å²) in [6.07, 6.45) is 1.38. The maximum atomic E-state index is 13.3. The highest BCUT2D eigenvalue weighted by Crippen LogP contribution is 2.19. The van der Waals surface area contributed by atoms with Gasteiger partial charge in [-0.05, 0) is 60.7 Å². The van der Waals surface area contributed by atoms with E-state index in [2.05, 4.69) is 5.32 Å². The van der Waals surface area contributed by atoms with Crippen LogP contribution in [-0.4, -0.2) is 50.1 Å². The highest BCUT2D eigenvalue weighted by molar-refractivity contribution is 5.87. The number of carbonyl (C=O) groups is 2. The van der Waals surface area contributed by atoms with E-state index in [9.17, 15) is 9.59 Å². The molecule has 0 bridgehead atoms. The summed E-state index contributed by atoms with van der Waals surface area (Å²) in [5.41, 5.74) is 0.943. The quantitative estimate of drug-likeness (QED) is 0.413. The first-order chi connectivity index (χ1) is 16.4. The topological polar surface area (TPSA) is 77.1 Å². The monoisotopic (exact) mass is 470 g/mol. The summed E-state index contributed by atoms with van der Waals surface area (Å²) in [5, 5.41) is 2.98. The smallest absolute Gasteiger partial charge is 0.242 e. The second-order valence-electron chi connectivity index (χ2n) is 8.56. The summed E-state index contributed by atoms with van der Waals surface area (Å²) >= 11 is 0. The molecule has 7 heteroatoms. The number of amides is 2. The number of rotatable bonds is 14. The minimum absolute atomic E-state index is 0.0688. The molecule has 1 N–H and O–H groups in total. The van der Waals surface area contributed by atoms with Gasteiger partial charge in [0.1, 0.15) is 23.3 Å². The van der Waals surface area contributed by atoms with Gasteiger partial charge in [0, 0.05) is 19.5 Å². The van der Waals surface area contributed by atoms with Crippen LogP contribution in [0.4, 0.5) is 0 Å². The molecule has 1 unspecified atom stereocenters. The Morgan fingerprint density at radius 2 is 1.47 bits per heavy atom. The molecule has 2 amide bonds. The zero-order valence-electron chi connectivity index (χ0n) is 21.0. The molecular formula is C27H38N2O5. The van der Waals surface area contributed by atoms with Crippen LogP contribution < -0.4 is 19.5 Å². The second kappa shape index (κ2) is 14.1. The molecule has 0 radical (unpaired) electrons. The zero-order chi connectivity index (χ0) is 24.9. The van der Waals surface area contributed by atoms with E-state index in [1.54, 1.807) is 19.1 Å². The van der Waals surface area contributed by atoms with Crippen LogP contribution >= 0.6 is 0 Å². The number of nitrogens with zero attached hydrogens (tertiary/aromatic N) is 1.